The topological polar surface area (TPSA) is 109 Å². The van der Waals surface area contributed by atoms with E-state index in [1.54, 1.807) is 51.1 Å². The number of fused-ring (bicyclic) bond motifs is 1. The number of carbonyl (C=O) groups excluding carboxylic acids is 2. The van der Waals surface area contributed by atoms with Crippen molar-refractivity contribution in [2.24, 2.45) is 0 Å². The molecule has 8 nitrogen and oxygen atoms in total. The number of aromatic nitrogens is 1. The fraction of sp³-hybridized carbons (Fsp3) is 0.273. The number of rotatable bonds is 5. The van der Waals surface area contributed by atoms with Crippen molar-refractivity contribution in [3.8, 4) is 0 Å². The van der Waals surface area contributed by atoms with Crippen LogP contribution in [0.4, 0.5) is 15.4 Å². The number of carbonyl (C=O) groups is 3. The number of amides is 3. The standard InChI is InChI=1S/C22H21Cl2N3O5S/c1-22(2,3)32-21(31)27(20(29)30)18-14-5-4-12(8-13(14)6-7-25-18)11-26-19(28)16-9-15(24)17(10-23)33-16/h4-9H,10-11H2,1-3H3,(H,26,28)(H,29,30). The van der Waals surface area contributed by atoms with Crippen molar-refractivity contribution in [1.82, 2.24) is 10.3 Å². The van der Waals surface area contributed by atoms with Crippen LogP contribution in [0.5, 0.6) is 0 Å². The Kier molecular flexibility index (Phi) is 7.46. The SMILES string of the molecule is CC(C)(C)OC(=O)N(C(=O)O)c1nccc2cc(CNC(=O)c3cc(Cl)c(CCl)s3)ccc12. The minimum atomic E-state index is -1.51. The molecule has 2 heterocycles. The Bertz CT molecular complexity index is 1220. The van der Waals surface area contributed by atoms with Crippen molar-refractivity contribution in [3.63, 3.8) is 0 Å². The van der Waals surface area contributed by atoms with Gasteiger partial charge in [0, 0.05) is 23.0 Å². The van der Waals surface area contributed by atoms with E-state index in [0.717, 1.165) is 10.4 Å². The highest BCUT2D eigenvalue weighted by Crippen LogP contribution is 2.29. The van der Waals surface area contributed by atoms with Gasteiger partial charge in [-0.3, -0.25) is 4.79 Å². The van der Waals surface area contributed by atoms with Gasteiger partial charge in [0.05, 0.1) is 15.8 Å². The Morgan fingerprint density at radius 2 is 1.94 bits per heavy atom. The number of carboxylic acid groups (broad SMARTS) is 1. The summed E-state index contributed by atoms with van der Waals surface area (Å²) in [6.07, 6.45) is -1.15. The average molecular weight is 510 g/mol. The molecule has 0 saturated heterocycles. The van der Waals surface area contributed by atoms with Crippen LogP contribution in [0.3, 0.4) is 0 Å². The predicted molar refractivity (Wildman–Crippen MR) is 129 cm³/mol. The molecule has 0 fully saturated rings. The van der Waals surface area contributed by atoms with Gasteiger partial charge in [0.15, 0.2) is 5.82 Å². The molecule has 3 amide bonds. The van der Waals surface area contributed by atoms with Crippen molar-refractivity contribution in [2.75, 3.05) is 4.90 Å². The van der Waals surface area contributed by atoms with Gasteiger partial charge >= 0.3 is 12.2 Å². The number of imide groups is 1. The van der Waals surface area contributed by atoms with E-state index in [9.17, 15) is 19.5 Å². The molecule has 3 rings (SSSR count). The van der Waals surface area contributed by atoms with Crippen LogP contribution in [0.25, 0.3) is 10.8 Å². The second kappa shape index (κ2) is 9.94. The summed E-state index contributed by atoms with van der Waals surface area (Å²) in [4.78, 5) is 42.5. The quantitative estimate of drug-likeness (QED) is 0.405. The molecule has 3 aromatic rings. The molecule has 11 heteroatoms. The first-order valence-corrected chi connectivity index (χ1v) is 11.5. The molecule has 0 aliphatic heterocycles. The van der Waals surface area contributed by atoms with E-state index in [1.165, 1.54) is 17.5 Å². The third-order valence-electron chi connectivity index (χ3n) is 4.34. The van der Waals surface area contributed by atoms with Crippen LogP contribution < -0.4 is 10.2 Å². The van der Waals surface area contributed by atoms with Crippen molar-refractivity contribution >= 4 is 69.2 Å². The molecule has 2 aromatic heterocycles. The number of nitrogens with zero attached hydrogens (tertiary/aromatic N) is 2. The highest BCUT2D eigenvalue weighted by molar-refractivity contribution is 7.14. The largest absolute Gasteiger partial charge is 0.464 e. The molecule has 0 atom stereocenters. The summed E-state index contributed by atoms with van der Waals surface area (Å²) in [5, 5.41) is 14.0. The lowest BCUT2D eigenvalue weighted by atomic mass is 10.1. The van der Waals surface area contributed by atoms with Gasteiger partial charge in [-0.2, -0.15) is 4.90 Å². The number of benzene rings is 1. The molecule has 2 N–H and O–H groups in total. The normalized spacial score (nSPS) is 11.3. The minimum absolute atomic E-state index is 0.0633. The van der Waals surface area contributed by atoms with Crippen LogP contribution in [0.1, 0.15) is 40.9 Å². The highest BCUT2D eigenvalue weighted by Gasteiger charge is 2.30. The molecule has 0 saturated carbocycles. The van der Waals surface area contributed by atoms with Gasteiger partial charge in [-0.25, -0.2) is 14.6 Å². The molecule has 0 bridgehead atoms. The van der Waals surface area contributed by atoms with Gasteiger partial charge in [0.25, 0.3) is 5.91 Å². The van der Waals surface area contributed by atoms with Crippen LogP contribution >= 0.6 is 34.5 Å². The number of hydrogen-bond donors (Lipinski definition) is 2. The summed E-state index contributed by atoms with van der Waals surface area (Å²) in [6.45, 7) is 5.15. The Morgan fingerprint density at radius 1 is 1.21 bits per heavy atom. The molecule has 33 heavy (non-hydrogen) atoms. The van der Waals surface area contributed by atoms with Crippen LogP contribution in [-0.2, 0) is 17.2 Å². The fourth-order valence-electron chi connectivity index (χ4n) is 2.94. The number of alkyl halides is 1. The number of hydrogen-bond acceptors (Lipinski definition) is 6. The number of anilines is 1. The summed E-state index contributed by atoms with van der Waals surface area (Å²) in [7, 11) is 0. The van der Waals surface area contributed by atoms with Gasteiger partial charge in [-0.05, 0) is 49.9 Å². The fourth-order valence-corrected chi connectivity index (χ4v) is 4.49. The summed E-state index contributed by atoms with van der Waals surface area (Å²) in [5.74, 6) is -0.114. The number of pyridine rings is 1. The van der Waals surface area contributed by atoms with Gasteiger partial charge in [-0.15, -0.1) is 22.9 Å². The highest BCUT2D eigenvalue weighted by atomic mass is 35.5. The lowest BCUT2D eigenvalue weighted by Gasteiger charge is -2.24. The number of thiophene rings is 1. The van der Waals surface area contributed by atoms with E-state index in [2.05, 4.69) is 10.3 Å². The van der Waals surface area contributed by atoms with E-state index >= 15 is 0 Å². The third-order valence-corrected chi connectivity index (χ3v) is 6.35. The smallest absolute Gasteiger partial charge is 0.425 e. The lowest BCUT2D eigenvalue weighted by Crippen LogP contribution is -2.40. The number of nitrogens with one attached hydrogen (secondary N) is 1. The maximum absolute atomic E-state index is 12.5. The molecule has 0 unspecified atom stereocenters. The molecular weight excluding hydrogens is 489 g/mol. The summed E-state index contributed by atoms with van der Waals surface area (Å²) in [5.41, 5.74) is -0.106. The zero-order valence-electron chi connectivity index (χ0n) is 18.0. The molecule has 0 aliphatic rings. The maximum Gasteiger partial charge on any atom is 0.425 e. The van der Waals surface area contributed by atoms with Gasteiger partial charge in [0.2, 0.25) is 0 Å². The summed E-state index contributed by atoms with van der Waals surface area (Å²) < 4.78 is 5.22. The van der Waals surface area contributed by atoms with Crippen molar-refractivity contribution in [2.45, 2.75) is 38.8 Å². The molecule has 1 aromatic carbocycles. The Labute approximate surface area is 204 Å². The summed E-state index contributed by atoms with van der Waals surface area (Å²) in [6, 6.07) is 8.41. The third kappa shape index (κ3) is 5.93. The molecule has 0 spiro atoms. The first-order valence-electron chi connectivity index (χ1n) is 9.76. The predicted octanol–water partition coefficient (Wildman–Crippen LogP) is 6.04. The second-order valence-electron chi connectivity index (χ2n) is 7.99. The number of halogens is 2. The number of ether oxygens (including phenoxy) is 1. The summed E-state index contributed by atoms with van der Waals surface area (Å²) >= 11 is 13.1. The van der Waals surface area contributed by atoms with E-state index in [-0.39, 0.29) is 24.1 Å². The van der Waals surface area contributed by atoms with Crippen LogP contribution in [0, 0.1) is 0 Å². The van der Waals surface area contributed by atoms with E-state index < -0.39 is 17.8 Å². The molecule has 0 radical (unpaired) electrons. The van der Waals surface area contributed by atoms with E-state index in [4.69, 9.17) is 27.9 Å². The van der Waals surface area contributed by atoms with Crippen LogP contribution in [0.15, 0.2) is 36.5 Å². The van der Waals surface area contributed by atoms with Gasteiger partial charge in [0.1, 0.15) is 5.60 Å². The van der Waals surface area contributed by atoms with E-state index in [1.807, 2.05) is 0 Å². The first kappa shape index (κ1) is 24.8. The molecular formula is C22H21Cl2N3O5S. The van der Waals surface area contributed by atoms with Crippen molar-refractivity contribution < 1.29 is 24.2 Å². The van der Waals surface area contributed by atoms with Gasteiger partial charge in [-0.1, -0.05) is 23.7 Å². The minimum Gasteiger partial charge on any atom is -0.464 e. The Morgan fingerprint density at radius 3 is 2.55 bits per heavy atom. The Balaban J connectivity index is 1.83. The van der Waals surface area contributed by atoms with Crippen LogP contribution in [0.2, 0.25) is 5.02 Å². The second-order valence-corrected chi connectivity index (χ2v) is 9.80. The zero-order valence-corrected chi connectivity index (χ0v) is 20.3. The monoisotopic (exact) mass is 509 g/mol. The molecule has 0 aliphatic carbocycles. The zero-order chi connectivity index (χ0) is 24.3. The molecule has 174 valence electrons. The van der Waals surface area contributed by atoms with E-state index in [0.29, 0.717) is 25.6 Å². The lowest BCUT2D eigenvalue weighted by molar-refractivity contribution is 0.0581. The average Bonchev–Trinajstić information content (AvgIpc) is 3.11. The van der Waals surface area contributed by atoms with Crippen LogP contribution in [-0.4, -0.2) is 33.8 Å². The van der Waals surface area contributed by atoms with Crippen molar-refractivity contribution in [3.05, 3.63) is 56.9 Å². The van der Waals surface area contributed by atoms with Gasteiger partial charge < -0.3 is 15.2 Å². The van der Waals surface area contributed by atoms with Crippen molar-refractivity contribution in [1.29, 1.82) is 0 Å². The Hall–Kier alpha value is -2.88. The maximum atomic E-state index is 12.5. The first-order chi connectivity index (χ1) is 15.5.